The molecule has 0 fully saturated rings. The zero-order valence-corrected chi connectivity index (χ0v) is 13.5. The van der Waals surface area contributed by atoms with Gasteiger partial charge in [-0.2, -0.15) is 0 Å². The van der Waals surface area contributed by atoms with Gasteiger partial charge in [0.25, 0.3) is 5.91 Å². The summed E-state index contributed by atoms with van der Waals surface area (Å²) in [5.41, 5.74) is 2.56. The molecule has 0 atom stereocenters. The Morgan fingerprint density at radius 1 is 1.12 bits per heavy atom. The third-order valence-corrected chi connectivity index (χ3v) is 4.45. The molecule has 2 aromatic carbocycles. The molecule has 1 aromatic heterocycles. The van der Waals surface area contributed by atoms with Crippen molar-refractivity contribution in [2.45, 2.75) is 13.3 Å². The second-order valence-corrected chi connectivity index (χ2v) is 6.03. The number of amides is 1. The molecule has 0 saturated heterocycles. The first-order chi connectivity index (χ1) is 12.1. The number of benzene rings is 2. The molecule has 1 N–H and O–H groups in total. The van der Waals surface area contributed by atoms with Crippen LogP contribution in [0.15, 0.2) is 42.7 Å². The highest BCUT2D eigenvalue weighted by atomic mass is 19.2. The van der Waals surface area contributed by atoms with Gasteiger partial charge in [0.1, 0.15) is 5.82 Å². The quantitative estimate of drug-likeness (QED) is 0.778. The van der Waals surface area contributed by atoms with Gasteiger partial charge in [0.05, 0.1) is 5.56 Å². The number of fused-ring (bicyclic) bond motifs is 1. The Labute approximate surface area is 143 Å². The van der Waals surface area contributed by atoms with Crippen LogP contribution in [-0.4, -0.2) is 22.0 Å². The maximum absolute atomic E-state index is 14.4. The molecule has 1 aliphatic heterocycles. The fourth-order valence-electron chi connectivity index (χ4n) is 3.08. The Kier molecular flexibility index (Phi) is 3.60. The number of nitrogens with one attached hydrogen (secondary N) is 1. The van der Waals surface area contributed by atoms with Crippen LogP contribution < -0.4 is 5.32 Å². The Morgan fingerprint density at radius 3 is 2.80 bits per heavy atom. The number of hydrogen-bond donors (Lipinski definition) is 1. The Hall–Kier alpha value is -3.02. The van der Waals surface area contributed by atoms with E-state index in [2.05, 4.69) is 10.3 Å². The molecule has 4 nitrogen and oxygen atoms in total. The van der Waals surface area contributed by atoms with E-state index in [4.69, 9.17) is 0 Å². The van der Waals surface area contributed by atoms with Crippen molar-refractivity contribution in [1.82, 2.24) is 14.9 Å². The summed E-state index contributed by atoms with van der Waals surface area (Å²) in [6, 6.07) is 8.52. The lowest BCUT2D eigenvalue weighted by atomic mass is 9.99. The first-order valence-corrected chi connectivity index (χ1v) is 7.96. The second-order valence-electron chi connectivity index (χ2n) is 6.03. The molecular weight excluding hydrogens is 324 g/mol. The number of carbonyl (C=O) groups excluding carboxylic acids is 1. The van der Waals surface area contributed by atoms with Crippen LogP contribution in [0.5, 0.6) is 0 Å². The molecule has 0 saturated carbocycles. The number of aromatic nitrogens is 2. The Morgan fingerprint density at radius 2 is 1.96 bits per heavy atom. The highest BCUT2D eigenvalue weighted by Crippen LogP contribution is 2.28. The molecule has 4 rings (SSSR count). The Balaban J connectivity index is 1.85. The molecule has 1 amide bonds. The minimum Gasteiger partial charge on any atom is -0.352 e. The molecule has 0 unspecified atom stereocenters. The second kappa shape index (κ2) is 5.81. The zero-order chi connectivity index (χ0) is 17.6. The lowest BCUT2D eigenvalue weighted by Crippen LogP contribution is -2.31. The molecule has 0 radical (unpaired) electrons. The third kappa shape index (κ3) is 2.50. The van der Waals surface area contributed by atoms with Crippen molar-refractivity contribution in [3.05, 3.63) is 71.1 Å². The van der Waals surface area contributed by atoms with Crippen LogP contribution in [0.2, 0.25) is 0 Å². The molecule has 3 aromatic rings. The number of rotatable bonds is 2. The van der Waals surface area contributed by atoms with Crippen LogP contribution in [0.3, 0.4) is 0 Å². The SMILES string of the molecule is Cc1ccc(-c2nccn2-c2ccc3c(c2)C(=O)NCC3)c(F)c1F. The predicted octanol–water partition coefficient (Wildman–Crippen LogP) is 3.41. The van der Waals surface area contributed by atoms with E-state index >= 15 is 0 Å². The van der Waals surface area contributed by atoms with Crippen molar-refractivity contribution >= 4 is 5.91 Å². The number of aryl methyl sites for hydroxylation is 1. The average molecular weight is 339 g/mol. The summed E-state index contributed by atoms with van der Waals surface area (Å²) in [5, 5.41) is 2.81. The van der Waals surface area contributed by atoms with Crippen molar-refractivity contribution < 1.29 is 13.6 Å². The summed E-state index contributed by atoms with van der Waals surface area (Å²) < 4.78 is 29.9. The summed E-state index contributed by atoms with van der Waals surface area (Å²) in [7, 11) is 0. The molecule has 0 bridgehead atoms. The van der Waals surface area contributed by atoms with Crippen LogP contribution in [0.4, 0.5) is 8.78 Å². The fourth-order valence-corrected chi connectivity index (χ4v) is 3.08. The van der Waals surface area contributed by atoms with Crippen molar-refractivity contribution in [2.75, 3.05) is 6.54 Å². The molecular formula is C19H15F2N3O. The van der Waals surface area contributed by atoms with Gasteiger partial charge in [-0.15, -0.1) is 0 Å². The van der Waals surface area contributed by atoms with Gasteiger partial charge in [-0.3, -0.25) is 9.36 Å². The van der Waals surface area contributed by atoms with Gasteiger partial charge in [0.15, 0.2) is 11.6 Å². The van der Waals surface area contributed by atoms with Gasteiger partial charge in [0, 0.05) is 30.2 Å². The van der Waals surface area contributed by atoms with Crippen molar-refractivity contribution in [1.29, 1.82) is 0 Å². The molecule has 6 heteroatoms. The van der Waals surface area contributed by atoms with Crippen molar-refractivity contribution in [3.8, 4) is 17.1 Å². The van der Waals surface area contributed by atoms with Gasteiger partial charge in [-0.05, 0) is 42.7 Å². The van der Waals surface area contributed by atoms with Gasteiger partial charge in [0.2, 0.25) is 0 Å². The Bertz CT molecular complexity index is 994. The largest absolute Gasteiger partial charge is 0.352 e. The van der Waals surface area contributed by atoms with Crippen LogP contribution in [0, 0.1) is 18.6 Å². The summed E-state index contributed by atoms with van der Waals surface area (Å²) in [4.78, 5) is 16.2. The van der Waals surface area contributed by atoms with E-state index in [1.54, 1.807) is 16.8 Å². The molecule has 2 heterocycles. The first kappa shape index (κ1) is 15.5. The van der Waals surface area contributed by atoms with Gasteiger partial charge < -0.3 is 5.32 Å². The highest BCUT2D eigenvalue weighted by molar-refractivity contribution is 5.97. The normalized spacial score (nSPS) is 13.5. The topological polar surface area (TPSA) is 46.9 Å². The van der Waals surface area contributed by atoms with E-state index in [0.29, 0.717) is 17.8 Å². The molecule has 1 aliphatic rings. The maximum Gasteiger partial charge on any atom is 0.251 e. The number of halogens is 2. The van der Waals surface area contributed by atoms with Crippen LogP contribution in [0.1, 0.15) is 21.5 Å². The lowest BCUT2D eigenvalue weighted by Gasteiger charge is -2.18. The summed E-state index contributed by atoms with van der Waals surface area (Å²) in [5.74, 6) is -1.65. The van der Waals surface area contributed by atoms with E-state index in [9.17, 15) is 13.6 Å². The minimum atomic E-state index is -0.928. The van der Waals surface area contributed by atoms with Gasteiger partial charge in [-0.25, -0.2) is 13.8 Å². The third-order valence-electron chi connectivity index (χ3n) is 4.45. The summed E-state index contributed by atoms with van der Waals surface area (Å²) >= 11 is 0. The number of nitrogens with zero attached hydrogens (tertiary/aromatic N) is 2. The molecule has 25 heavy (non-hydrogen) atoms. The number of carbonyl (C=O) groups is 1. The predicted molar refractivity (Wildman–Crippen MR) is 89.7 cm³/mol. The van der Waals surface area contributed by atoms with Crippen molar-refractivity contribution in [3.63, 3.8) is 0 Å². The van der Waals surface area contributed by atoms with Gasteiger partial charge in [-0.1, -0.05) is 12.1 Å². The molecule has 126 valence electrons. The smallest absolute Gasteiger partial charge is 0.251 e. The standard InChI is InChI=1S/C19H15F2N3O/c1-11-2-5-14(17(21)16(11)20)18-22-8-9-24(18)13-4-3-12-6-7-23-19(25)15(12)10-13/h2-5,8-10H,6-7H2,1H3,(H,23,25). The van der Waals surface area contributed by atoms with E-state index < -0.39 is 11.6 Å². The molecule has 0 spiro atoms. The minimum absolute atomic E-state index is 0.0790. The van der Waals surface area contributed by atoms with Crippen LogP contribution in [-0.2, 0) is 6.42 Å². The maximum atomic E-state index is 14.4. The molecule has 0 aliphatic carbocycles. The van der Waals surface area contributed by atoms with E-state index in [0.717, 1.165) is 12.0 Å². The fraction of sp³-hybridized carbons (Fsp3) is 0.158. The van der Waals surface area contributed by atoms with E-state index in [1.165, 1.54) is 25.3 Å². The summed E-state index contributed by atoms with van der Waals surface area (Å²) in [6.07, 6.45) is 3.96. The average Bonchev–Trinajstić information content (AvgIpc) is 3.09. The summed E-state index contributed by atoms with van der Waals surface area (Å²) in [6.45, 7) is 2.13. The first-order valence-electron chi connectivity index (χ1n) is 7.96. The van der Waals surface area contributed by atoms with E-state index in [-0.39, 0.29) is 22.9 Å². The monoisotopic (exact) mass is 339 g/mol. The van der Waals surface area contributed by atoms with Crippen molar-refractivity contribution in [2.24, 2.45) is 0 Å². The highest BCUT2D eigenvalue weighted by Gasteiger charge is 2.20. The number of imidazole rings is 1. The van der Waals surface area contributed by atoms with Crippen LogP contribution >= 0.6 is 0 Å². The van der Waals surface area contributed by atoms with Gasteiger partial charge >= 0.3 is 0 Å². The lowest BCUT2D eigenvalue weighted by molar-refractivity contribution is 0.0946. The van der Waals surface area contributed by atoms with Crippen LogP contribution in [0.25, 0.3) is 17.1 Å². The van der Waals surface area contributed by atoms with E-state index in [1.807, 2.05) is 12.1 Å². The zero-order valence-electron chi connectivity index (χ0n) is 13.5. The number of hydrogen-bond acceptors (Lipinski definition) is 2.